The summed E-state index contributed by atoms with van der Waals surface area (Å²) in [6.07, 6.45) is 19.6. The van der Waals surface area contributed by atoms with Gasteiger partial charge in [-0.15, -0.1) is 0 Å². The van der Waals surface area contributed by atoms with Gasteiger partial charge in [-0.3, -0.25) is 14.1 Å². The fourth-order valence-electron chi connectivity index (χ4n) is 3.62. The summed E-state index contributed by atoms with van der Waals surface area (Å²) in [6.45, 7) is 2.68. The summed E-state index contributed by atoms with van der Waals surface area (Å²) in [4.78, 5) is 22.2. The Morgan fingerprint density at radius 2 is 1.11 bits per heavy atom. The van der Waals surface area contributed by atoms with Crippen molar-refractivity contribution in [1.29, 1.82) is 0 Å². The molecule has 0 spiro atoms. The zero-order valence-corrected chi connectivity index (χ0v) is 27.3. The Morgan fingerprint density at radius 3 is 1.49 bits per heavy atom. The second-order valence-electron chi connectivity index (χ2n) is 8.68. The van der Waals surface area contributed by atoms with Crippen molar-refractivity contribution in [1.82, 2.24) is 0 Å². The van der Waals surface area contributed by atoms with Crippen molar-refractivity contribution in [3.63, 3.8) is 0 Å². The first-order valence-corrected chi connectivity index (χ1v) is 14.2. The number of rotatable bonds is 24. The molecule has 1 unspecified atom stereocenters. The minimum atomic E-state index is -4.83. The number of carbonyl (C=O) groups is 2. The average Bonchev–Trinajstić information content (AvgIpc) is 2.75. The molecule has 0 saturated carbocycles. The normalized spacial score (nSPS) is 11.8. The van der Waals surface area contributed by atoms with E-state index in [2.05, 4.69) is 6.92 Å². The van der Waals surface area contributed by atoms with Gasteiger partial charge in [0.05, 0.1) is 13.0 Å². The van der Waals surface area contributed by atoms with E-state index in [0.717, 1.165) is 12.8 Å². The van der Waals surface area contributed by atoms with Crippen LogP contribution in [0.1, 0.15) is 119 Å². The van der Waals surface area contributed by atoms with Crippen LogP contribution in [0.4, 0.5) is 0 Å². The molecule has 0 fully saturated rings. The molecular formula is C24H48Na2O8S. The smallest absolute Gasteiger partial charge is 1.00 e. The molecule has 0 aliphatic rings. The van der Waals surface area contributed by atoms with Crippen LogP contribution in [-0.2, 0) is 29.2 Å². The Balaban J connectivity index is -0.000000853. The van der Waals surface area contributed by atoms with Gasteiger partial charge < -0.3 is 17.4 Å². The van der Waals surface area contributed by atoms with Crippen LogP contribution in [0.15, 0.2) is 0 Å². The molecular weight excluding hydrogens is 494 g/mol. The molecule has 200 valence electrons. The van der Waals surface area contributed by atoms with Gasteiger partial charge >= 0.3 is 71.1 Å². The van der Waals surface area contributed by atoms with Gasteiger partial charge in [0.1, 0.15) is 6.61 Å². The van der Waals surface area contributed by atoms with E-state index in [1.54, 1.807) is 0 Å². The van der Waals surface area contributed by atoms with Crippen molar-refractivity contribution >= 4 is 22.1 Å². The topological polar surface area (TPSA) is 127 Å². The first-order chi connectivity index (χ1) is 15.8. The molecule has 11 heteroatoms. The van der Waals surface area contributed by atoms with Crippen molar-refractivity contribution < 1.29 is 99.1 Å². The maximum Gasteiger partial charge on any atom is 1.00 e. The molecule has 0 aromatic rings. The van der Waals surface area contributed by atoms with Crippen molar-refractivity contribution in [2.24, 2.45) is 0 Å². The maximum atomic E-state index is 11.6. The Morgan fingerprint density at radius 1 is 0.714 bits per heavy atom. The second kappa shape index (κ2) is 27.8. The van der Waals surface area contributed by atoms with E-state index in [1.165, 1.54) is 89.9 Å². The molecule has 0 radical (unpaired) electrons. The molecule has 0 amide bonds. The Bertz CT molecular complexity index is 614. The first kappa shape index (κ1) is 40.3. The number of carbonyl (C=O) groups excluding carboxylic acids is 1. The minimum absolute atomic E-state index is 0. The van der Waals surface area contributed by atoms with Crippen LogP contribution in [0.5, 0.6) is 0 Å². The van der Waals surface area contributed by atoms with Gasteiger partial charge in [0.2, 0.25) is 0 Å². The number of ether oxygens (including phenoxy) is 2. The van der Waals surface area contributed by atoms with E-state index in [0.29, 0.717) is 6.61 Å². The van der Waals surface area contributed by atoms with Crippen molar-refractivity contribution in [3.8, 4) is 0 Å². The van der Waals surface area contributed by atoms with Gasteiger partial charge in [-0.05, 0) is 6.42 Å². The third-order valence-corrected chi connectivity index (χ3v) is 6.67. The summed E-state index contributed by atoms with van der Waals surface area (Å²) < 4.78 is 41.1. The standard InChI is InChI=1S/C24H46O8S.2Na.2H/c1-2-3-4-5-6-7-8-9-10-11-12-13-14-15-16-17-18-31-19-20-32-24(27)22(21-23(25)26)33(28,29)30;;;;/h22H,2-21H2,1H3,(H,25,26)(H,28,29,30);;;;/q;2*+1;2*-1. The van der Waals surface area contributed by atoms with Crippen LogP contribution in [0.25, 0.3) is 0 Å². The fourth-order valence-corrected chi connectivity index (χ4v) is 4.28. The Kier molecular flexibility index (Phi) is 32.1. The number of hydrogen-bond donors (Lipinski definition) is 2. The molecule has 8 nitrogen and oxygen atoms in total. The molecule has 0 aliphatic heterocycles. The van der Waals surface area contributed by atoms with Crippen LogP contribution < -0.4 is 59.1 Å². The monoisotopic (exact) mass is 542 g/mol. The number of hydrogen-bond acceptors (Lipinski definition) is 6. The van der Waals surface area contributed by atoms with E-state index in [-0.39, 0.29) is 75.2 Å². The number of carboxylic acids is 1. The Hall–Kier alpha value is 0.810. The number of unbranched alkanes of at least 4 members (excludes halogenated alkanes) is 15. The van der Waals surface area contributed by atoms with E-state index >= 15 is 0 Å². The summed E-state index contributed by atoms with van der Waals surface area (Å²) in [5.74, 6) is -2.81. The van der Waals surface area contributed by atoms with Gasteiger partial charge in [-0.1, -0.05) is 103 Å². The third-order valence-electron chi connectivity index (χ3n) is 5.60. The number of esters is 1. The molecule has 0 bridgehead atoms. The first-order valence-electron chi connectivity index (χ1n) is 12.7. The summed E-state index contributed by atoms with van der Waals surface area (Å²) in [7, 11) is -4.83. The molecule has 0 heterocycles. The summed E-state index contributed by atoms with van der Waals surface area (Å²) in [5, 5.41) is 6.51. The molecule has 35 heavy (non-hydrogen) atoms. The van der Waals surface area contributed by atoms with Crippen LogP contribution >= 0.6 is 0 Å². The molecule has 0 aromatic heterocycles. The van der Waals surface area contributed by atoms with E-state index in [4.69, 9.17) is 19.1 Å². The molecule has 2 N–H and O–H groups in total. The van der Waals surface area contributed by atoms with Crippen molar-refractivity contribution in [2.75, 3.05) is 19.8 Å². The predicted molar refractivity (Wildman–Crippen MR) is 131 cm³/mol. The zero-order valence-electron chi connectivity index (χ0n) is 24.5. The van der Waals surface area contributed by atoms with E-state index < -0.39 is 33.7 Å². The number of aliphatic carboxylic acids is 1. The maximum absolute atomic E-state index is 11.6. The second-order valence-corrected chi connectivity index (χ2v) is 10.3. The van der Waals surface area contributed by atoms with Gasteiger partial charge in [-0.2, -0.15) is 8.42 Å². The van der Waals surface area contributed by atoms with Gasteiger partial charge in [-0.25, -0.2) is 0 Å². The van der Waals surface area contributed by atoms with Crippen molar-refractivity contribution in [2.45, 2.75) is 121 Å². The van der Waals surface area contributed by atoms with Crippen LogP contribution in [0.3, 0.4) is 0 Å². The van der Waals surface area contributed by atoms with Crippen molar-refractivity contribution in [3.05, 3.63) is 0 Å². The fraction of sp³-hybridized carbons (Fsp3) is 0.917. The molecule has 0 aromatic carbocycles. The van der Waals surface area contributed by atoms with Crippen LogP contribution in [0.2, 0.25) is 0 Å². The SMILES string of the molecule is CCCCCCCCCCCCCCCCCCOCCOC(=O)C(CC(=O)O)S(=O)(=O)O.[H-].[H-].[Na+].[Na+]. The minimum Gasteiger partial charge on any atom is -1.00 e. The molecule has 1 atom stereocenters. The van der Waals surface area contributed by atoms with Crippen LogP contribution in [0, 0.1) is 0 Å². The zero-order chi connectivity index (χ0) is 24.8. The van der Waals surface area contributed by atoms with Crippen LogP contribution in [-0.4, -0.2) is 55.1 Å². The molecule has 0 rings (SSSR count). The summed E-state index contributed by atoms with van der Waals surface area (Å²) in [5.41, 5.74) is 0. The van der Waals surface area contributed by atoms with Gasteiger partial charge in [0, 0.05) is 6.61 Å². The molecule has 0 saturated heterocycles. The third kappa shape index (κ3) is 27.7. The Labute approximate surface area is 260 Å². The summed E-state index contributed by atoms with van der Waals surface area (Å²) in [6, 6.07) is 0. The predicted octanol–water partition coefficient (Wildman–Crippen LogP) is -0.228. The quantitative estimate of drug-likeness (QED) is 0.0742. The van der Waals surface area contributed by atoms with Gasteiger partial charge in [0.25, 0.3) is 10.1 Å². The van der Waals surface area contributed by atoms with E-state index in [9.17, 15) is 18.0 Å². The largest absolute Gasteiger partial charge is 1.00 e. The summed E-state index contributed by atoms with van der Waals surface area (Å²) >= 11 is 0. The molecule has 0 aliphatic carbocycles. The van der Waals surface area contributed by atoms with Gasteiger partial charge in [0.15, 0.2) is 5.25 Å². The number of carboxylic acid groups (broad SMARTS) is 1. The average molecular weight is 543 g/mol. The van der Waals surface area contributed by atoms with E-state index in [1.807, 2.05) is 0 Å².